The van der Waals surface area contributed by atoms with Gasteiger partial charge in [0.2, 0.25) is 0 Å². The van der Waals surface area contributed by atoms with Gasteiger partial charge in [-0.25, -0.2) is 26.7 Å². The maximum Gasteiger partial charge on any atom is 0.337 e. The van der Waals surface area contributed by atoms with Crippen LogP contribution in [0.2, 0.25) is 0 Å². The number of esters is 1. The number of hydrogen-bond acceptors (Lipinski definition) is 5. The molecule has 30 heavy (non-hydrogen) atoms. The summed E-state index contributed by atoms with van der Waals surface area (Å²) in [6.45, 7) is 0. The Morgan fingerprint density at radius 2 is 1.70 bits per heavy atom. The second-order valence-corrected chi connectivity index (χ2v) is 8.77. The van der Waals surface area contributed by atoms with E-state index in [0.717, 1.165) is 6.26 Å². The quantitative estimate of drug-likeness (QED) is 0.451. The van der Waals surface area contributed by atoms with Gasteiger partial charge in [0.05, 0.1) is 28.8 Å². The number of aromatic nitrogens is 2. The molecular weight excluding hydrogens is 414 g/mol. The van der Waals surface area contributed by atoms with Crippen LogP contribution in [0.4, 0.5) is 8.78 Å². The minimum Gasteiger partial charge on any atom is -0.465 e. The molecule has 4 aromatic rings. The number of methoxy groups -OCH3 is 1. The fraction of sp³-hybridized carbons (Fsp3) is 0.143. The number of ether oxygens (including phenoxy) is 1. The van der Waals surface area contributed by atoms with E-state index in [4.69, 9.17) is 4.74 Å². The molecule has 0 N–H and O–H groups in total. The highest BCUT2D eigenvalue weighted by Crippen LogP contribution is 2.34. The number of alkyl halides is 2. The molecule has 0 saturated heterocycles. The zero-order valence-corrected chi connectivity index (χ0v) is 16.8. The van der Waals surface area contributed by atoms with E-state index in [1.54, 1.807) is 24.3 Å². The minimum atomic E-state index is -3.40. The largest absolute Gasteiger partial charge is 0.465 e. The first-order chi connectivity index (χ1) is 14.2. The molecule has 0 saturated carbocycles. The van der Waals surface area contributed by atoms with Gasteiger partial charge in [-0.3, -0.25) is 0 Å². The Hall–Kier alpha value is -3.33. The van der Waals surface area contributed by atoms with Crippen molar-refractivity contribution in [2.24, 2.45) is 0 Å². The summed E-state index contributed by atoms with van der Waals surface area (Å²) in [6.07, 6.45) is -1.71. The van der Waals surface area contributed by atoms with Gasteiger partial charge in [0, 0.05) is 17.0 Å². The molecule has 0 fully saturated rings. The van der Waals surface area contributed by atoms with E-state index in [9.17, 15) is 22.0 Å². The summed E-state index contributed by atoms with van der Waals surface area (Å²) in [5, 5.41) is 5.64. The number of hydrogen-bond donors (Lipinski definition) is 0. The van der Waals surface area contributed by atoms with Gasteiger partial charge in [-0.1, -0.05) is 18.2 Å². The van der Waals surface area contributed by atoms with Crippen molar-refractivity contribution >= 4 is 37.5 Å². The molecule has 1 aromatic heterocycles. The minimum absolute atomic E-state index is 0.115. The van der Waals surface area contributed by atoms with Crippen molar-refractivity contribution in [3.63, 3.8) is 0 Å². The second kappa shape index (κ2) is 7.17. The molecule has 6 nitrogen and oxygen atoms in total. The summed E-state index contributed by atoms with van der Waals surface area (Å²) in [6, 6.07) is 13.8. The first kappa shape index (κ1) is 20.0. The molecule has 9 heteroatoms. The van der Waals surface area contributed by atoms with Crippen LogP contribution in [0.25, 0.3) is 27.4 Å². The Morgan fingerprint density at radius 3 is 2.30 bits per heavy atom. The lowest BCUT2D eigenvalue weighted by atomic mass is 10.0. The van der Waals surface area contributed by atoms with Crippen LogP contribution in [-0.2, 0) is 14.6 Å². The zero-order valence-electron chi connectivity index (χ0n) is 16.0. The van der Waals surface area contributed by atoms with E-state index in [0.29, 0.717) is 27.5 Å². The molecule has 0 radical (unpaired) electrons. The van der Waals surface area contributed by atoms with Gasteiger partial charge in [0.15, 0.2) is 9.84 Å². The monoisotopic (exact) mass is 430 g/mol. The van der Waals surface area contributed by atoms with Crippen LogP contribution in [0, 0.1) is 0 Å². The number of carbonyl (C=O) groups is 1. The first-order valence-corrected chi connectivity index (χ1v) is 10.7. The number of carbonyl (C=O) groups excluding carboxylic acids is 1. The van der Waals surface area contributed by atoms with Crippen LogP contribution in [0.1, 0.15) is 22.5 Å². The fourth-order valence-corrected chi connectivity index (χ4v) is 4.02. The third-order valence-electron chi connectivity index (χ3n) is 4.82. The summed E-state index contributed by atoms with van der Waals surface area (Å²) in [5.74, 6) is -0.505. The summed E-state index contributed by atoms with van der Waals surface area (Å²) in [7, 11) is -2.12. The van der Waals surface area contributed by atoms with Crippen LogP contribution >= 0.6 is 0 Å². The Bertz CT molecular complexity index is 1390. The lowest BCUT2D eigenvalue weighted by Crippen LogP contribution is -2.02. The molecule has 0 unspecified atom stereocenters. The molecule has 0 aliphatic carbocycles. The third-order valence-corrected chi connectivity index (χ3v) is 5.95. The van der Waals surface area contributed by atoms with Gasteiger partial charge in [-0.15, -0.1) is 0 Å². The van der Waals surface area contributed by atoms with Gasteiger partial charge >= 0.3 is 5.97 Å². The van der Waals surface area contributed by atoms with Gasteiger partial charge in [-0.05, 0) is 41.8 Å². The topological polar surface area (TPSA) is 78.3 Å². The highest BCUT2D eigenvalue weighted by atomic mass is 32.2. The summed E-state index contributed by atoms with van der Waals surface area (Å²) >= 11 is 0. The predicted molar refractivity (Wildman–Crippen MR) is 108 cm³/mol. The Kier molecular flexibility index (Phi) is 4.77. The van der Waals surface area contributed by atoms with Gasteiger partial charge in [0.25, 0.3) is 6.43 Å². The normalized spacial score (nSPS) is 12.0. The fourth-order valence-electron chi connectivity index (χ4n) is 3.39. The summed E-state index contributed by atoms with van der Waals surface area (Å²) in [4.78, 5) is 11.9. The van der Waals surface area contributed by atoms with Crippen LogP contribution in [0.3, 0.4) is 0 Å². The van der Waals surface area contributed by atoms with Crippen molar-refractivity contribution in [2.45, 2.75) is 11.3 Å². The van der Waals surface area contributed by atoms with E-state index in [-0.39, 0.29) is 16.0 Å². The number of nitrogens with zero attached hydrogens (tertiary/aromatic N) is 2. The number of sulfone groups is 1. The average molecular weight is 430 g/mol. The molecule has 1 heterocycles. The lowest BCUT2D eigenvalue weighted by Gasteiger charge is -2.08. The van der Waals surface area contributed by atoms with Crippen molar-refractivity contribution in [2.75, 3.05) is 13.4 Å². The van der Waals surface area contributed by atoms with Crippen molar-refractivity contribution in [3.8, 4) is 5.69 Å². The lowest BCUT2D eigenvalue weighted by molar-refractivity contribution is 0.0601. The summed E-state index contributed by atoms with van der Waals surface area (Å²) in [5.41, 5.74) is 0.827. The average Bonchev–Trinajstić information content (AvgIpc) is 3.12. The molecule has 0 spiro atoms. The molecule has 0 aliphatic heterocycles. The molecular formula is C21H16F2N2O4S. The highest BCUT2D eigenvalue weighted by molar-refractivity contribution is 7.90. The molecule has 0 aliphatic rings. The number of fused-ring (bicyclic) bond motifs is 3. The Morgan fingerprint density at radius 1 is 1.03 bits per heavy atom. The predicted octanol–water partition coefficient (Wildman–Crippen LogP) is 4.31. The molecule has 0 bridgehead atoms. The van der Waals surface area contributed by atoms with Crippen LogP contribution in [0.15, 0.2) is 59.5 Å². The molecule has 3 aromatic carbocycles. The SMILES string of the molecule is COC(=O)c1ccc2c(ccc3c(C(F)F)nn(-c4ccc(S(C)(=O)=O)cc4)c32)c1. The van der Waals surface area contributed by atoms with Gasteiger partial charge < -0.3 is 4.74 Å². The second-order valence-electron chi connectivity index (χ2n) is 6.75. The van der Waals surface area contributed by atoms with Crippen LogP contribution < -0.4 is 0 Å². The number of rotatable bonds is 4. The molecule has 0 atom stereocenters. The Balaban J connectivity index is 2.00. The summed E-state index contributed by atoms with van der Waals surface area (Å²) < 4.78 is 56.8. The molecule has 4 rings (SSSR count). The maximum atomic E-state index is 13.6. The van der Waals surface area contributed by atoms with E-state index in [2.05, 4.69) is 5.10 Å². The van der Waals surface area contributed by atoms with Crippen LogP contribution in [-0.4, -0.2) is 37.5 Å². The van der Waals surface area contributed by atoms with Crippen LogP contribution in [0.5, 0.6) is 0 Å². The van der Waals surface area contributed by atoms with E-state index in [1.807, 2.05) is 0 Å². The Labute approximate surface area is 170 Å². The third kappa shape index (κ3) is 3.30. The van der Waals surface area contributed by atoms with E-state index < -0.39 is 22.2 Å². The smallest absolute Gasteiger partial charge is 0.337 e. The van der Waals surface area contributed by atoms with Gasteiger partial charge in [-0.2, -0.15) is 5.10 Å². The molecule has 154 valence electrons. The standard InChI is InChI=1S/C21H16F2N2O4S/c1-29-21(26)13-4-9-16-12(11-13)3-10-17-18(20(22)23)24-25(19(16)17)14-5-7-15(8-6-14)30(2,27)28/h3-11,20H,1-2H3. The number of halogens is 2. The number of benzene rings is 3. The van der Waals surface area contributed by atoms with Crippen molar-refractivity contribution in [1.82, 2.24) is 9.78 Å². The van der Waals surface area contributed by atoms with E-state index >= 15 is 0 Å². The van der Waals surface area contributed by atoms with Gasteiger partial charge in [0.1, 0.15) is 5.69 Å². The van der Waals surface area contributed by atoms with Crippen molar-refractivity contribution in [1.29, 1.82) is 0 Å². The zero-order chi connectivity index (χ0) is 21.6. The highest BCUT2D eigenvalue weighted by Gasteiger charge is 2.21. The molecule has 0 amide bonds. The first-order valence-electron chi connectivity index (χ1n) is 8.83. The van der Waals surface area contributed by atoms with Crippen molar-refractivity contribution < 1.29 is 26.7 Å². The van der Waals surface area contributed by atoms with Crippen molar-refractivity contribution in [3.05, 3.63) is 65.9 Å². The maximum absolute atomic E-state index is 13.6. The van der Waals surface area contributed by atoms with E-state index in [1.165, 1.54) is 42.1 Å².